The third-order valence-electron chi connectivity index (χ3n) is 6.52. The van der Waals surface area contributed by atoms with Gasteiger partial charge in [0.05, 0.1) is 6.04 Å². The van der Waals surface area contributed by atoms with Gasteiger partial charge in [-0.2, -0.15) is 0 Å². The van der Waals surface area contributed by atoms with Gasteiger partial charge in [0.25, 0.3) is 0 Å². The Morgan fingerprint density at radius 1 is 0.871 bits per heavy atom. The second kappa shape index (κ2) is 8.39. The summed E-state index contributed by atoms with van der Waals surface area (Å²) >= 11 is 3.59. The number of fused-ring (bicyclic) bond motifs is 1. The summed E-state index contributed by atoms with van der Waals surface area (Å²) in [5.41, 5.74) is 9.11. The van der Waals surface area contributed by atoms with E-state index in [0.29, 0.717) is 5.92 Å². The van der Waals surface area contributed by atoms with Gasteiger partial charge in [-0.15, -0.1) is 0 Å². The lowest BCUT2D eigenvalue weighted by Crippen LogP contribution is -2.30. The standard InChI is InChI=1S/C28H27BrN2/c1-3-19-17-25(26-18(2)30-24-12-8-7-11-23(24)26)31-28(21-13-15-22(29)16-14-21)27(19)20-9-5-4-6-10-20/h4-16,19,25,30-31H,3,17H2,1-2H3/t19-,25?/m0/s1. The van der Waals surface area contributed by atoms with Crippen molar-refractivity contribution in [3.8, 4) is 0 Å². The molecule has 5 rings (SSSR count). The van der Waals surface area contributed by atoms with E-state index in [1.807, 2.05) is 0 Å². The molecule has 4 aromatic rings. The summed E-state index contributed by atoms with van der Waals surface area (Å²) in [4.78, 5) is 3.60. The smallest absolute Gasteiger partial charge is 0.0543 e. The average molecular weight is 471 g/mol. The number of hydrogen-bond donors (Lipinski definition) is 2. The second-order valence-corrected chi connectivity index (χ2v) is 9.32. The number of halogens is 1. The Hall–Kier alpha value is -2.78. The van der Waals surface area contributed by atoms with Crippen LogP contribution in [0.2, 0.25) is 0 Å². The largest absolute Gasteiger partial charge is 0.377 e. The van der Waals surface area contributed by atoms with Crippen molar-refractivity contribution in [2.75, 3.05) is 0 Å². The number of nitrogens with one attached hydrogen (secondary N) is 2. The maximum atomic E-state index is 3.98. The van der Waals surface area contributed by atoms with Crippen LogP contribution in [0.1, 0.15) is 48.2 Å². The van der Waals surface area contributed by atoms with Gasteiger partial charge in [0, 0.05) is 32.3 Å². The zero-order valence-electron chi connectivity index (χ0n) is 18.0. The van der Waals surface area contributed by atoms with E-state index in [1.165, 1.54) is 44.6 Å². The number of aromatic amines is 1. The minimum atomic E-state index is 0.271. The number of benzene rings is 3. The Balaban J connectivity index is 1.69. The third kappa shape index (κ3) is 3.72. The first-order valence-electron chi connectivity index (χ1n) is 11.0. The van der Waals surface area contributed by atoms with E-state index < -0.39 is 0 Å². The SMILES string of the molecule is CC[C@H]1CC(c2c(C)[nH]c3ccccc23)NC(c2ccc(Br)cc2)=C1c1ccccc1. The van der Waals surface area contributed by atoms with Crippen molar-refractivity contribution in [1.29, 1.82) is 0 Å². The van der Waals surface area contributed by atoms with Gasteiger partial charge in [-0.05, 0) is 60.6 Å². The van der Waals surface area contributed by atoms with Crippen LogP contribution in [0, 0.1) is 12.8 Å². The monoisotopic (exact) mass is 470 g/mol. The molecule has 3 aromatic carbocycles. The predicted octanol–water partition coefficient (Wildman–Crippen LogP) is 7.87. The molecule has 3 heteroatoms. The van der Waals surface area contributed by atoms with Crippen LogP contribution >= 0.6 is 15.9 Å². The predicted molar refractivity (Wildman–Crippen MR) is 135 cm³/mol. The van der Waals surface area contributed by atoms with Gasteiger partial charge in [-0.25, -0.2) is 0 Å². The summed E-state index contributed by atoms with van der Waals surface area (Å²) in [7, 11) is 0. The highest BCUT2D eigenvalue weighted by Crippen LogP contribution is 2.45. The molecule has 156 valence electrons. The summed E-state index contributed by atoms with van der Waals surface area (Å²) in [6.07, 6.45) is 2.20. The van der Waals surface area contributed by atoms with Crippen molar-refractivity contribution in [3.05, 3.63) is 106 Å². The molecule has 1 aliphatic rings. The van der Waals surface area contributed by atoms with E-state index in [0.717, 1.165) is 17.3 Å². The van der Waals surface area contributed by atoms with E-state index in [-0.39, 0.29) is 6.04 Å². The van der Waals surface area contributed by atoms with E-state index in [1.54, 1.807) is 0 Å². The molecule has 0 saturated carbocycles. The van der Waals surface area contributed by atoms with Gasteiger partial charge >= 0.3 is 0 Å². The number of allylic oxidation sites excluding steroid dienone is 1. The minimum absolute atomic E-state index is 0.271. The van der Waals surface area contributed by atoms with Crippen LogP contribution in [0.4, 0.5) is 0 Å². The van der Waals surface area contributed by atoms with Gasteiger partial charge in [-0.3, -0.25) is 0 Å². The normalized spacial score (nSPS) is 18.9. The fourth-order valence-electron chi connectivity index (χ4n) is 5.08. The molecule has 2 nitrogen and oxygen atoms in total. The van der Waals surface area contributed by atoms with Crippen LogP contribution in [-0.2, 0) is 0 Å². The van der Waals surface area contributed by atoms with Gasteiger partial charge in [0.15, 0.2) is 0 Å². The fourth-order valence-corrected chi connectivity index (χ4v) is 5.34. The van der Waals surface area contributed by atoms with Crippen LogP contribution < -0.4 is 5.32 Å². The summed E-state index contributed by atoms with van der Waals surface area (Å²) in [6.45, 7) is 4.52. The lowest BCUT2D eigenvalue weighted by atomic mass is 9.78. The van der Waals surface area contributed by atoms with Crippen molar-refractivity contribution in [1.82, 2.24) is 10.3 Å². The first-order valence-corrected chi connectivity index (χ1v) is 11.8. The molecule has 0 spiro atoms. The summed E-state index contributed by atoms with van der Waals surface area (Å²) in [5, 5.41) is 5.31. The molecular weight excluding hydrogens is 444 g/mol. The first-order chi connectivity index (χ1) is 15.2. The highest BCUT2D eigenvalue weighted by atomic mass is 79.9. The Morgan fingerprint density at radius 3 is 2.32 bits per heavy atom. The van der Waals surface area contributed by atoms with Gasteiger partial charge < -0.3 is 10.3 Å². The lowest BCUT2D eigenvalue weighted by Gasteiger charge is -2.36. The molecule has 2 heterocycles. The van der Waals surface area contributed by atoms with Crippen LogP contribution in [0.15, 0.2) is 83.3 Å². The van der Waals surface area contributed by atoms with Gasteiger partial charge in [-0.1, -0.05) is 83.5 Å². The molecule has 2 N–H and O–H groups in total. The molecule has 0 bridgehead atoms. The second-order valence-electron chi connectivity index (χ2n) is 8.41. The van der Waals surface area contributed by atoms with Crippen molar-refractivity contribution in [2.24, 2.45) is 5.92 Å². The highest BCUT2D eigenvalue weighted by Gasteiger charge is 2.32. The van der Waals surface area contributed by atoms with Crippen molar-refractivity contribution in [2.45, 2.75) is 32.7 Å². The Bertz CT molecular complexity index is 1240. The summed E-state index contributed by atoms with van der Waals surface area (Å²) in [5.74, 6) is 0.486. The van der Waals surface area contributed by atoms with E-state index in [4.69, 9.17) is 0 Å². The zero-order chi connectivity index (χ0) is 21.4. The topological polar surface area (TPSA) is 27.8 Å². The number of aryl methyl sites for hydroxylation is 1. The van der Waals surface area contributed by atoms with Gasteiger partial charge in [0.2, 0.25) is 0 Å². The van der Waals surface area contributed by atoms with Crippen molar-refractivity contribution >= 4 is 38.1 Å². The van der Waals surface area contributed by atoms with E-state index in [9.17, 15) is 0 Å². The number of H-pyrrole nitrogens is 1. The average Bonchev–Trinajstić information content (AvgIpc) is 3.15. The number of rotatable bonds is 4. The van der Waals surface area contributed by atoms with Crippen LogP contribution in [0.3, 0.4) is 0 Å². The fraction of sp³-hybridized carbons (Fsp3) is 0.214. The first kappa shape index (κ1) is 20.1. The lowest BCUT2D eigenvalue weighted by molar-refractivity contribution is 0.461. The van der Waals surface area contributed by atoms with Crippen molar-refractivity contribution in [3.63, 3.8) is 0 Å². The Labute approximate surface area is 192 Å². The molecule has 2 atom stereocenters. The third-order valence-corrected chi connectivity index (χ3v) is 7.05. The molecule has 1 unspecified atom stereocenters. The molecule has 1 aromatic heterocycles. The molecule has 0 saturated heterocycles. The number of hydrogen-bond acceptors (Lipinski definition) is 1. The minimum Gasteiger partial charge on any atom is -0.377 e. The molecule has 0 fully saturated rings. The number of aromatic nitrogens is 1. The molecule has 1 aliphatic heterocycles. The molecule has 31 heavy (non-hydrogen) atoms. The quantitative estimate of drug-likeness (QED) is 0.311. The maximum Gasteiger partial charge on any atom is 0.0543 e. The van der Waals surface area contributed by atoms with Crippen LogP contribution in [0.25, 0.3) is 22.2 Å². The maximum absolute atomic E-state index is 3.98. The number of para-hydroxylation sites is 1. The Morgan fingerprint density at radius 2 is 1.58 bits per heavy atom. The highest BCUT2D eigenvalue weighted by molar-refractivity contribution is 9.10. The summed E-state index contributed by atoms with van der Waals surface area (Å²) in [6, 6.07) is 28.5. The van der Waals surface area contributed by atoms with E-state index in [2.05, 4.69) is 119 Å². The molecular formula is C28H27BrN2. The molecule has 0 radical (unpaired) electrons. The zero-order valence-corrected chi connectivity index (χ0v) is 19.5. The van der Waals surface area contributed by atoms with Crippen LogP contribution in [-0.4, -0.2) is 4.98 Å². The van der Waals surface area contributed by atoms with E-state index >= 15 is 0 Å². The molecule has 0 amide bonds. The summed E-state index contributed by atoms with van der Waals surface area (Å²) < 4.78 is 1.10. The van der Waals surface area contributed by atoms with Crippen LogP contribution in [0.5, 0.6) is 0 Å². The van der Waals surface area contributed by atoms with Crippen molar-refractivity contribution < 1.29 is 0 Å². The Kier molecular flexibility index (Phi) is 5.45. The van der Waals surface area contributed by atoms with Gasteiger partial charge in [0.1, 0.15) is 0 Å². The molecule has 0 aliphatic carbocycles.